The van der Waals surface area contributed by atoms with Crippen LogP contribution in [0.2, 0.25) is 5.02 Å². The van der Waals surface area contributed by atoms with E-state index in [-0.39, 0.29) is 5.56 Å². The smallest absolute Gasteiger partial charge is 0.341 e. The van der Waals surface area contributed by atoms with Gasteiger partial charge in [0.25, 0.3) is 5.56 Å². The molecule has 0 amide bonds. The zero-order valence-corrected chi connectivity index (χ0v) is 11.5. The van der Waals surface area contributed by atoms with Crippen LogP contribution in [0.5, 0.6) is 0 Å². The van der Waals surface area contributed by atoms with Gasteiger partial charge >= 0.3 is 5.97 Å². The van der Waals surface area contributed by atoms with Crippen molar-refractivity contribution in [1.29, 1.82) is 0 Å². The van der Waals surface area contributed by atoms with Crippen LogP contribution in [0.1, 0.15) is 10.4 Å². The average Bonchev–Trinajstić information content (AvgIpc) is 2.46. The number of aromatic amines is 1. The molecular formula is C16H10ClNO3. The number of carbonyl (C=O) groups is 1. The number of H-pyrrole nitrogens is 1. The number of carboxylic acid groups (broad SMARTS) is 1. The minimum atomic E-state index is -1.24. The second-order valence-corrected chi connectivity index (χ2v) is 5.06. The lowest BCUT2D eigenvalue weighted by Gasteiger charge is -2.05. The van der Waals surface area contributed by atoms with Gasteiger partial charge in [-0.05, 0) is 46.8 Å². The number of aromatic nitrogens is 1. The number of benzene rings is 2. The fourth-order valence-electron chi connectivity index (χ4n) is 2.19. The minimum absolute atomic E-state index is 0.268. The number of hydrogen-bond acceptors (Lipinski definition) is 2. The fraction of sp³-hybridized carbons (Fsp3) is 0. The second-order valence-electron chi connectivity index (χ2n) is 4.63. The van der Waals surface area contributed by atoms with E-state index in [4.69, 9.17) is 16.7 Å². The molecule has 4 nitrogen and oxygen atoms in total. The molecule has 1 heterocycles. The second kappa shape index (κ2) is 5.07. The van der Waals surface area contributed by atoms with E-state index in [0.717, 1.165) is 11.1 Å². The molecule has 0 unspecified atom stereocenters. The van der Waals surface area contributed by atoms with Crippen molar-refractivity contribution < 1.29 is 9.90 Å². The van der Waals surface area contributed by atoms with Crippen molar-refractivity contribution in [3.63, 3.8) is 0 Å². The number of rotatable bonds is 2. The van der Waals surface area contributed by atoms with Gasteiger partial charge in [0.2, 0.25) is 0 Å². The summed E-state index contributed by atoms with van der Waals surface area (Å²) in [6.45, 7) is 0. The summed E-state index contributed by atoms with van der Waals surface area (Å²) >= 11 is 5.86. The van der Waals surface area contributed by atoms with Crippen LogP contribution in [-0.2, 0) is 0 Å². The van der Waals surface area contributed by atoms with Crippen LogP contribution in [0.3, 0.4) is 0 Å². The van der Waals surface area contributed by atoms with E-state index in [2.05, 4.69) is 4.98 Å². The third-order valence-corrected chi connectivity index (χ3v) is 3.50. The average molecular weight is 300 g/mol. The number of pyridine rings is 1. The first-order valence-corrected chi connectivity index (χ1v) is 6.59. The summed E-state index contributed by atoms with van der Waals surface area (Å²) in [6, 6.07) is 14.2. The Morgan fingerprint density at radius 2 is 1.67 bits per heavy atom. The van der Waals surface area contributed by atoms with Gasteiger partial charge in [0.15, 0.2) is 0 Å². The molecule has 0 saturated carbocycles. The molecule has 3 aromatic rings. The van der Waals surface area contributed by atoms with Crippen molar-refractivity contribution in [1.82, 2.24) is 4.98 Å². The Bertz CT molecular complexity index is 898. The predicted molar refractivity (Wildman–Crippen MR) is 82.0 cm³/mol. The van der Waals surface area contributed by atoms with Gasteiger partial charge in [-0.15, -0.1) is 0 Å². The van der Waals surface area contributed by atoms with E-state index >= 15 is 0 Å². The van der Waals surface area contributed by atoms with Crippen molar-refractivity contribution >= 4 is 28.5 Å². The largest absolute Gasteiger partial charge is 0.477 e. The Labute approximate surface area is 124 Å². The van der Waals surface area contributed by atoms with Crippen LogP contribution in [0.15, 0.2) is 53.3 Å². The number of hydrogen-bond donors (Lipinski definition) is 2. The van der Waals surface area contributed by atoms with E-state index in [1.165, 1.54) is 6.07 Å². The molecule has 0 spiro atoms. The Balaban J connectivity index is 2.19. The molecule has 104 valence electrons. The van der Waals surface area contributed by atoms with E-state index < -0.39 is 11.5 Å². The third-order valence-electron chi connectivity index (χ3n) is 3.25. The molecule has 0 atom stereocenters. The molecule has 0 bridgehead atoms. The normalized spacial score (nSPS) is 10.7. The van der Waals surface area contributed by atoms with Crippen molar-refractivity contribution in [2.75, 3.05) is 0 Å². The first kappa shape index (κ1) is 13.4. The monoisotopic (exact) mass is 299 g/mol. The molecule has 21 heavy (non-hydrogen) atoms. The predicted octanol–water partition coefficient (Wildman–Crippen LogP) is 3.55. The maximum absolute atomic E-state index is 11.6. The van der Waals surface area contributed by atoms with E-state index in [1.807, 2.05) is 24.3 Å². The van der Waals surface area contributed by atoms with Crippen LogP contribution in [0.25, 0.3) is 22.0 Å². The van der Waals surface area contributed by atoms with Gasteiger partial charge in [0.1, 0.15) is 5.56 Å². The molecule has 0 fully saturated rings. The summed E-state index contributed by atoms with van der Waals surface area (Å²) in [7, 11) is 0. The molecule has 0 aliphatic rings. The van der Waals surface area contributed by atoms with E-state index in [1.54, 1.807) is 18.2 Å². The van der Waals surface area contributed by atoms with Gasteiger partial charge < -0.3 is 10.1 Å². The highest BCUT2D eigenvalue weighted by atomic mass is 35.5. The molecule has 0 aliphatic carbocycles. The lowest BCUT2D eigenvalue weighted by atomic mass is 10.0. The summed E-state index contributed by atoms with van der Waals surface area (Å²) in [6.07, 6.45) is 0. The lowest BCUT2D eigenvalue weighted by Crippen LogP contribution is -2.16. The number of fused-ring (bicyclic) bond motifs is 1. The van der Waals surface area contributed by atoms with Gasteiger partial charge in [0.05, 0.1) is 0 Å². The molecule has 0 radical (unpaired) electrons. The molecular weight excluding hydrogens is 290 g/mol. The van der Waals surface area contributed by atoms with Crippen molar-refractivity contribution in [3.05, 3.63) is 69.5 Å². The lowest BCUT2D eigenvalue weighted by molar-refractivity contribution is 0.0695. The highest BCUT2D eigenvalue weighted by Crippen LogP contribution is 2.24. The SMILES string of the molecule is O=C(O)c1cc2cc(-c3ccc(Cl)cc3)ccc2[nH]c1=O. The molecule has 1 aromatic heterocycles. The van der Waals surface area contributed by atoms with Gasteiger partial charge in [-0.3, -0.25) is 4.79 Å². The van der Waals surface area contributed by atoms with Gasteiger partial charge in [-0.25, -0.2) is 4.79 Å². The number of carboxylic acids is 1. The first-order chi connectivity index (χ1) is 10.0. The Kier molecular flexibility index (Phi) is 3.23. The summed E-state index contributed by atoms with van der Waals surface area (Å²) < 4.78 is 0. The number of halogens is 1. The van der Waals surface area contributed by atoms with E-state index in [0.29, 0.717) is 15.9 Å². The maximum atomic E-state index is 11.6. The van der Waals surface area contributed by atoms with Crippen LogP contribution in [-0.4, -0.2) is 16.1 Å². The molecule has 3 rings (SSSR count). The van der Waals surface area contributed by atoms with Crippen LogP contribution in [0, 0.1) is 0 Å². The zero-order chi connectivity index (χ0) is 15.0. The standard InChI is InChI=1S/C16H10ClNO3/c17-12-4-1-9(2-5-12)10-3-6-14-11(7-10)8-13(16(20)21)15(19)18-14/h1-8H,(H,18,19)(H,20,21). The summed E-state index contributed by atoms with van der Waals surface area (Å²) in [5.41, 5.74) is 1.61. The fourth-order valence-corrected chi connectivity index (χ4v) is 2.31. The first-order valence-electron chi connectivity index (χ1n) is 6.21. The molecule has 2 N–H and O–H groups in total. The molecule has 5 heteroatoms. The topological polar surface area (TPSA) is 70.2 Å². The van der Waals surface area contributed by atoms with Crippen molar-refractivity contribution in [2.24, 2.45) is 0 Å². The molecule has 0 aliphatic heterocycles. The van der Waals surface area contributed by atoms with Gasteiger partial charge in [0, 0.05) is 10.5 Å². The molecule has 0 saturated heterocycles. The van der Waals surface area contributed by atoms with Crippen LogP contribution in [0.4, 0.5) is 0 Å². The number of nitrogens with one attached hydrogen (secondary N) is 1. The minimum Gasteiger partial charge on any atom is -0.477 e. The highest BCUT2D eigenvalue weighted by molar-refractivity contribution is 6.30. The van der Waals surface area contributed by atoms with Crippen molar-refractivity contribution in [3.8, 4) is 11.1 Å². The Morgan fingerprint density at radius 3 is 2.33 bits per heavy atom. The Hall–Kier alpha value is -2.59. The Morgan fingerprint density at radius 1 is 1.00 bits per heavy atom. The van der Waals surface area contributed by atoms with Gasteiger partial charge in [-0.2, -0.15) is 0 Å². The number of aromatic carboxylic acids is 1. The molecule has 2 aromatic carbocycles. The van der Waals surface area contributed by atoms with Gasteiger partial charge in [-0.1, -0.05) is 29.8 Å². The zero-order valence-electron chi connectivity index (χ0n) is 10.8. The van der Waals surface area contributed by atoms with Crippen molar-refractivity contribution in [2.45, 2.75) is 0 Å². The third kappa shape index (κ3) is 2.53. The van der Waals surface area contributed by atoms with Crippen LogP contribution < -0.4 is 5.56 Å². The highest BCUT2D eigenvalue weighted by Gasteiger charge is 2.10. The summed E-state index contributed by atoms with van der Waals surface area (Å²) in [5, 5.41) is 10.3. The quantitative estimate of drug-likeness (QED) is 0.760. The summed E-state index contributed by atoms with van der Waals surface area (Å²) in [4.78, 5) is 25.2. The maximum Gasteiger partial charge on any atom is 0.341 e. The van der Waals surface area contributed by atoms with E-state index in [9.17, 15) is 9.59 Å². The van der Waals surface area contributed by atoms with Crippen LogP contribution >= 0.6 is 11.6 Å². The summed E-state index contributed by atoms with van der Waals surface area (Å²) in [5.74, 6) is -1.24.